The van der Waals surface area contributed by atoms with Gasteiger partial charge in [0.2, 0.25) is 0 Å². The lowest BCUT2D eigenvalue weighted by Gasteiger charge is -2.06. The number of ether oxygens (including phenoxy) is 2. The Labute approximate surface area is 66.8 Å². The van der Waals surface area contributed by atoms with Crippen molar-refractivity contribution in [2.75, 3.05) is 13.9 Å². The van der Waals surface area contributed by atoms with Crippen molar-refractivity contribution in [2.45, 2.75) is 0 Å². The van der Waals surface area contributed by atoms with Crippen molar-refractivity contribution in [3.05, 3.63) is 36.8 Å². The van der Waals surface area contributed by atoms with Crippen molar-refractivity contribution in [1.29, 1.82) is 0 Å². The van der Waals surface area contributed by atoms with Gasteiger partial charge < -0.3 is 9.47 Å². The molecule has 0 N–H and O–H groups in total. The van der Waals surface area contributed by atoms with Crippen LogP contribution in [0.4, 0.5) is 0 Å². The van der Waals surface area contributed by atoms with E-state index in [0.717, 1.165) is 11.3 Å². The van der Waals surface area contributed by atoms with Crippen LogP contribution in [0.3, 0.4) is 0 Å². The maximum atomic E-state index is 5.20. The van der Waals surface area contributed by atoms with Crippen LogP contribution in [0.2, 0.25) is 0 Å². The first kappa shape index (κ1) is 8.08. The zero-order valence-electron chi connectivity index (χ0n) is 6.54. The Morgan fingerprint density at radius 3 is 2.73 bits per heavy atom. The smallest absolute Gasteiger partial charge is 0.188 e. The molecule has 1 aromatic carbocycles. The molecule has 0 unspecified atom stereocenters. The lowest BCUT2D eigenvalue weighted by Crippen LogP contribution is -1.99. The van der Waals surface area contributed by atoms with Crippen molar-refractivity contribution < 1.29 is 9.47 Å². The fraction of sp³-hybridized carbons (Fsp3) is 0.222. The molecule has 0 saturated heterocycles. The third-order valence-corrected chi connectivity index (χ3v) is 1.30. The van der Waals surface area contributed by atoms with Crippen molar-refractivity contribution in [3.63, 3.8) is 0 Å². The molecule has 59 valence electrons. The Balaban J connectivity index is 2.62. The van der Waals surface area contributed by atoms with Gasteiger partial charge in [-0.05, 0) is 18.6 Å². The molecule has 11 heavy (non-hydrogen) atoms. The molecule has 0 aliphatic rings. The number of hydrogen-bond donors (Lipinski definition) is 0. The quantitative estimate of drug-likeness (QED) is 0.614. The molecular weight excluding hydrogens is 140 g/mol. The summed E-state index contributed by atoms with van der Waals surface area (Å²) in [6.07, 6.45) is 0. The Morgan fingerprint density at radius 2 is 2.09 bits per heavy atom. The van der Waals surface area contributed by atoms with Crippen LogP contribution in [-0.4, -0.2) is 13.9 Å². The first-order valence-corrected chi connectivity index (χ1v) is 3.37. The number of methoxy groups -OCH3 is 1. The van der Waals surface area contributed by atoms with Gasteiger partial charge in [0.25, 0.3) is 0 Å². The van der Waals surface area contributed by atoms with Gasteiger partial charge in [-0.15, -0.1) is 0 Å². The molecule has 0 atom stereocenters. The summed E-state index contributed by atoms with van der Waals surface area (Å²) >= 11 is 0. The molecular formula is C9H11O2. The molecule has 0 aromatic heterocycles. The molecule has 0 fully saturated rings. The van der Waals surface area contributed by atoms with Gasteiger partial charge in [-0.25, -0.2) is 0 Å². The summed E-state index contributed by atoms with van der Waals surface area (Å²) in [5.74, 6) is 0.773. The SMILES string of the molecule is [CH2]c1ccccc1OCOC. The zero-order chi connectivity index (χ0) is 8.10. The minimum absolute atomic E-state index is 0.270. The number of benzene rings is 1. The van der Waals surface area contributed by atoms with E-state index in [2.05, 4.69) is 6.92 Å². The predicted molar refractivity (Wildman–Crippen MR) is 43.4 cm³/mol. The Morgan fingerprint density at radius 1 is 1.36 bits per heavy atom. The molecule has 0 aliphatic carbocycles. The van der Waals surface area contributed by atoms with E-state index in [1.165, 1.54) is 0 Å². The van der Waals surface area contributed by atoms with Crippen LogP contribution in [0.5, 0.6) is 5.75 Å². The summed E-state index contributed by atoms with van der Waals surface area (Å²) in [7, 11) is 1.59. The second-order valence-electron chi connectivity index (χ2n) is 2.16. The fourth-order valence-corrected chi connectivity index (χ4v) is 0.767. The summed E-state index contributed by atoms with van der Waals surface area (Å²) in [6.45, 7) is 4.06. The minimum Gasteiger partial charge on any atom is -0.467 e. The Bertz CT molecular complexity index is 221. The normalized spacial score (nSPS) is 9.64. The highest BCUT2D eigenvalue weighted by molar-refractivity contribution is 5.34. The molecule has 2 nitrogen and oxygen atoms in total. The highest BCUT2D eigenvalue weighted by Gasteiger charge is 1.94. The summed E-state index contributed by atoms with van der Waals surface area (Å²) < 4.78 is 9.95. The van der Waals surface area contributed by atoms with Gasteiger partial charge in [-0.2, -0.15) is 0 Å². The van der Waals surface area contributed by atoms with Gasteiger partial charge in [-0.1, -0.05) is 18.2 Å². The fourth-order valence-electron chi connectivity index (χ4n) is 0.767. The second-order valence-corrected chi connectivity index (χ2v) is 2.16. The van der Waals surface area contributed by atoms with Gasteiger partial charge in [0.15, 0.2) is 6.79 Å². The van der Waals surface area contributed by atoms with Crippen LogP contribution in [0.25, 0.3) is 0 Å². The van der Waals surface area contributed by atoms with Crippen molar-refractivity contribution in [1.82, 2.24) is 0 Å². The maximum Gasteiger partial charge on any atom is 0.188 e. The summed E-state index contributed by atoms with van der Waals surface area (Å²) in [4.78, 5) is 0. The van der Waals surface area contributed by atoms with Gasteiger partial charge in [0.1, 0.15) is 5.75 Å². The molecule has 0 spiro atoms. The lowest BCUT2D eigenvalue weighted by molar-refractivity contribution is 0.0508. The minimum atomic E-state index is 0.270. The van der Waals surface area contributed by atoms with Crippen LogP contribution in [0, 0.1) is 6.92 Å². The van der Waals surface area contributed by atoms with Crippen LogP contribution in [-0.2, 0) is 4.74 Å². The monoisotopic (exact) mass is 151 g/mol. The third kappa shape index (κ3) is 2.24. The van der Waals surface area contributed by atoms with E-state index in [1.54, 1.807) is 7.11 Å². The number of hydrogen-bond acceptors (Lipinski definition) is 2. The van der Waals surface area contributed by atoms with Crippen LogP contribution < -0.4 is 4.74 Å². The summed E-state index contributed by atoms with van der Waals surface area (Å²) in [5, 5.41) is 0. The van der Waals surface area contributed by atoms with Gasteiger partial charge >= 0.3 is 0 Å². The molecule has 1 radical (unpaired) electrons. The van der Waals surface area contributed by atoms with Gasteiger partial charge in [-0.3, -0.25) is 0 Å². The lowest BCUT2D eigenvalue weighted by atomic mass is 10.2. The molecule has 0 heterocycles. The molecule has 0 amide bonds. The third-order valence-electron chi connectivity index (χ3n) is 1.30. The topological polar surface area (TPSA) is 18.5 Å². The predicted octanol–water partition coefficient (Wildman–Crippen LogP) is 1.85. The van der Waals surface area contributed by atoms with Crippen molar-refractivity contribution in [2.24, 2.45) is 0 Å². The summed E-state index contributed by atoms with van der Waals surface area (Å²) in [6, 6.07) is 7.58. The molecule has 0 saturated carbocycles. The van der Waals surface area contributed by atoms with E-state index in [4.69, 9.17) is 9.47 Å². The molecule has 0 bridgehead atoms. The Kier molecular flexibility index (Phi) is 2.93. The molecule has 0 aliphatic heterocycles. The largest absolute Gasteiger partial charge is 0.467 e. The maximum absolute atomic E-state index is 5.20. The van der Waals surface area contributed by atoms with Crippen LogP contribution >= 0.6 is 0 Å². The van der Waals surface area contributed by atoms with E-state index in [1.807, 2.05) is 24.3 Å². The average molecular weight is 151 g/mol. The number of para-hydroxylation sites is 1. The van der Waals surface area contributed by atoms with Gasteiger partial charge in [0.05, 0.1) is 0 Å². The van der Waals surface area contributed by atoms with Crippen LogP contribution in [0.1, 0.15) is 5.56 Å². The average Bonchev–Trinajstić information content (AvgIpc) is 2.03. The second kappa shape index (κ2) is 3.98. The first-order valence-electron chi connectivity index (χ1n) is 3.37. The van der Waals surface area contributed by atoms with E-state index in [0.29, 0.717) is 0 Å². The first-order chi connectivity index (χ1) is 5.34. The highest BCUT2D eigenvalue weighted by atomic mass is 16.7. The van der Waals surface area contributed by atoms with Crippen molar-refractivity contribution in [3.8, 4) is 5.75 Å². The highest BCUT2D eigenvalue weighted by Crippen LogP contribution is 2.15. The van der Waals surface area contributed by atoms with Crippen LogP contribution in [0.15, 0.2) is 24.3 Å². The molecule has 2 heteroatoms. The van der Waals surface area contributed by atoms with Crippen molar-refractivity contribution >= 4 is 0 Å². The van der Waals surface area contributed by atoms with E-state index in [9.17, 15) is 0 Å². The molecule has 1 rings (SSSR count). The number of rotatable bonds is 3. The van der Waals surface area contributed by atoms with E-state index in [-0.39, 0.29) is 6.79 Å². The zero-order valence-corrected chi connectivity index (χ0v) is 6.54. The van der Waals surface area contributed by atoms with E-state index < -0.39 is 0 Å². The van der Waals surface area contributed by atoms with E-state index >= 15 is 0 Å². The summed E-state index contributed by atoms with van der Waals surface area (Å²) in [5.41, 5.74) is 0.879. The standard InChI is InChI=1S/C9H11O2/c1-8-5-3-4-6-9(8)11-7-10-2/h3-6H,1,7H2,2H3. The molecule has 1 aromatic rings. The Hall–Kier alpha value is -1.02. The van der Waals surface area contributed by atoms with Gasteiger partial charge in [0, 0.05) is 7.11 Å².